The molecule has 1 unspecified atom stereocenters. The Morgan fingerprint density at radius 2 is 2.09 bits per heavy atom. The number of likely N-dealkylation sites (N-methyl/N-ethyl adjacent to an activating group) is 1. The van der Waals surface area contributed by atoms with E-state index in [1.54, 1.807) is 0 Å². The van der Waals surface area contributed by atoms with Crippen molar-refractivity contribution in [3.63, 3.8) is 0 Å². The summed E-state index contributed by atoms with van der Waals surface area (Å²) in [4.78, 5) is 18.6. The summed E-state index contributed by atoms with van der Waals surface area (Å²) >= 11 is 2.28. The van der Waals surface area contributed by atoms with Crippen molar-refractivity contribution >= 4 is 34.6 Å². The topological polar surface area (TPSA) is 52.9 Å². The van der Waals surface area contributed by atoms with Gasteiger partial charge in [-0.05, 0) is 54.2 Å². The lowest BCUT2D eigenvalue weighted by atomic mass is 9.83. The number of hydrogen-bond donors (Lipinski definition) is 1. The van der Waals surface area contributed by atoms with Crippen molar-refractivity contribution in [1.29, 1.82) is 0 Å². The molecular weight excluding hydrogens is 391 g/mol. The first-order valence-corrected chi connectivity index (χ1v) is 8.41. The first kappa shape index (κ1) is 17.1. The van der Waals surface area contributed by atoms with Crippen molar-refractivity contribution in [2.75, 3.05) is 27.2 Å². The molecule has 0 fully saturated rings. The monoisotopic (exact) mass is 412 g/mol. The molecule has 0 saturated heterocycles. The highest BCUT2D eigenvalue weighted by molar-refractivity contribution is 14.1. The Bertz CT molecular complexity index is 608. The molecule has 2 rings (SSSR count). The number of hydrogen-bond acceptors (Lipinski definition) is 4. The van der Waals surface area contributed by atoms with Gasteiger partial charge in [-0.1, -0.05) is 18.2 Å². The summed E-state index contributed by atoms with van der Waals surface area (Å²) in [6, 6.07) is 8.01. The normalized spacial score (nSPS) is 19.5. The molecule has 1 aromatic rings. The fraction of sp³-hybridized carbons (Fsp3) is 0.412. The van der Waals surface area contributed by atoms with Crippen molar-refractivity contribution in [3.8, 4) is 0 Å². The van der Waals surface area contributed by atoms with Crippen LogP contribution < -0.4 is 0 Å². The van der Waals surface area contributed by atoms with Crippen molar-refractivity contribution in [2.45, 2.75) is 18.8 Å². The van der Waals surface area contributed by atoms with Crippen LogP contribution in [0.5, 0.6) is 0 Å². The van der Waals surface area contributed by atoms with Crippen LogP contribution in [0.25, 0.3) is 0 Å². The molecule has 0 heterocycles. The summed E-state index contributed by atoms with van der Waals surface area (Å²) in [6.07, 6.45) is 2.47. The Labute approximate surface area is 145 Å². The van der Waals surface area contributed by atoms with Crippen molar-refractivity contribution in [2.24, 2.45) is 4.99 Å². The lowest BCUT2D eigenvalue weighted by Gasteiger charge is -2.23. The van der Waals surface area contributed by atoms with E-state index in [0.717, 1.165) is 15.7 Å². The van der Waals surface area contributed by atoms with E-state index in [9.17, 15) is 9.90 Å². The second-order valence-corrected chi connectivity index (χ2v) is 6.91. The standard InChI is InChI=1S/C17H21IN2O2/c1-20(2)8-7-19-11-14-16(21)9-12(10-17(14)22)13-5-3-4-6-15(13)18/h3-6,11-12,21H,7-10H2,1-2H3. The number of aliphatic imine (C=N–C) groups is 1. The molecule has 1 N–H and O–H groups in total. The molecule has 0 aliphatic heterocycles. The van der Waals surface area contributed by atoms with E-state index in [-0.39, 0.29) is 17.5 Å². The van der Waals surface area contributed by atoms with Crippen LogP contribution in [-0.2, 0) is 4.79 Å². The van der Waals surface area contributed by atoms with Crippen LogP contribution in [-0.4, -0.2) is 49.2 Å². The quantitative estimate of drug-likeness (QED) is 0.597. The predicted octanol–water partition coefficient (Wildman–Crippen LogP) is 3.18. The fourth-order valence-electron chi connectivity index (χ4n) is 2.50. The molecule has 0 saturated carbocycles. The number of carbonyl (C=O) groups excluding carboxylic acids is 1. The number of aliphatic hydroxyl groups excluding tert-OH is 1. The van der Waals surface area contributed by atoms with Crippen LogP contribution in [0.15, 0.2) is 40.6 Å². The van der Waals surface area contributed by atoms with Crippen molar-refractivity contribution in [3.05, 3.63) is 44.7 Å². The molecule has 0 spiro atoms. The third-order valence-corrected chi connectivity index (χ3v) is 4.71. The maximum atomic E-state index is 12.3. The van der Waals surface area contributed by atoms with Crippen molar-refractivity contribution < 1.29 is 9.90 Å². The van der Waals surface area contributed by atoms with Crippen LogP contribution in [0.1, 0.15) is 24.3 Å². The molecule has 1 atom stereocenters. The Morgan fingerprint density at radius 1 is 1.36 bits per heavy atom. The summed E-state index contributed by atoms with van der Waals surface area (Å²) in [7, 11) is 3.95. The summed E-state index contributed by atoms with van der Waals surface area (Å²) in [5, 5.41) is 10.2. The molecule has 1 aliphatic carbocycles. The average Bonchev–Trinajstić information content (AvgIpc) is 2.45. The third-order valence-electron chi connectivity index (χ3n) is 3.72. The summed E-state index contributed by atoms with van der Waals surface area (Å²) in [5.74, 6) is 0.191. The number of aliphatic hydroxyl groups is 1. The summed E-state index contributed by atoms with van der Waals surface area (Å²) in [5.41, 5.74) is 1.51. The zero-order valence-corrected chi connectivity index (χ0v) is 15.1. The molecule has 118 valence electrons. The van der Waals surface area contributed by atoms with E-state index in [1.165, 1.54) is 6.21 Å². The van der Waals surface area contributed by atoms with Gasteiger partial charge in [0.1, 0.15) is 5.76 Å². The maximum Gasteiger partial charge on any atom is 0.168 e. The van der Waals surface area contributed by atoms with Gasteiger partial charge in [0.05, 0.1) is 12.1 Å². The Morgan fingerprint density at radius 3 is 2.73 bits per heavy atom. The highest BCUT2D eigenvalue weighted by atomic mass is 127. The van der Waals surface area contributed by atoms with Gasteiger partial charge in [-0.15, -0.1) is 0 Å². The van der Waals surface area contributed by atoms with Gasteiger partial charge in [-0.2, -0.15) is 0 Å². The van der Waals surface area contributed by atoms with Gasteiger partial charge in [0.25, 0.3) is 0 Å². The zero-order valence-electron chi connectivity index (χ0n) is 12.9. The minimum Gasteiger partial charge on any atom is -0.511 e. The van der Waals surface area contributed by atoms with E-state index in [1.807, 2.05) is 43.3 Å². The van der Waals surface area contributed by atoms with Gasteiger partial charge < -0.3 is 10.0 Å². The van der Waals surface area contributed by atoms with Crippen LogP contribution in [0, 0.1) is 3.57 Å². The van der Waals surface area contributed by atoms with Gasteiger partial charge in [0.2, 0.25) is 0 Å². The average molecular weight is 412 g/mol. The van der Waals surface area contributed by atoms with E-state index in [0.29, 0.717) is 25.0 Å². The number of carbonyl (C=O) groups is 1. The van der Waals surface area contributed by atoms with Gasteiger partial charge in [0, 0.05) is 29.2 Å². The number of nitrogens with zero attached hydrogens (tertiary/aromatic N) is 2. The molecule has 0 bridgehead atoms. The zero-order chi connectivity index (χ0) is 16.1. The lowest BCUT2D eigenvalue weighted by Crippen LogP contribution is -2.20. The Kier molecular flexibility index (Phi) is 6.14. The fourth-order valence-corrected chi connectivity index (χ4v) is 3.32. The summed E-state index contributed by atoms with van der Waals surface area (Å²) in [6.45, 7) is 1.45. The number of allylic oxidation sites excluding steroid dienone is 2. The van der Waals surface area contributed by atoms with Crippen LogP contribution in [0.3, 0.4) is 0 Å². The lowest BCUT2D eigenvalue weighted by molar-refractivity contribution is -0.116. The minimum atomic E-state index is -0.0259. The van der Waals surface area contributed by atoms with Crippen molar-refractivity contribution in [1.82, 2.24) is 4.90 Å². The van der Waals surface area contributed by atoms with E-state index >= 15 is 0 Å². The molecule has 1 aromatic carbocycles. The number of halogens is 1. The van der Waals surface area contributed by atoms with Crippen LogP contribution in [0.4, 0.5) is 0 Å². The molecule has 4 nitrogen and oxygen atoms in total. The highest BCUT2D eigenvalue weighted by Gasteiger charge is 2.28. The molecule has 0 radical (unpaired) electrons. The van der Waals surface area contributed by atoms with Gasteiger partial charge in [0.15, 0.2) is 5.78 Å². The molecule has 0 aromatic heterocycles. The molecule has 0 amide bonds. The molecule has 1 aliphatic rings. The highest BCUT2D eigenvalue weighted by Crippen LogP contribution is 2.35. The third kappa shape index (κ3) is 4.39. The van der Waals surface area contributed by atoms with Crippen LogP contribution >= 0.6 is 22.6 Å². The maximum absolute atomic E-state index is 12.3. The number of rotatable bonds is 5. The SMILES string of the molecule is CN(C)CCN=CC1=C(O)CC(c2ccccc2I)CC1=O. The molecule has 22 heavy (non-hydrogen) atoms. The Balaban J connectivity index is 2.11. The smallest absolute Gasteiger partial charge is 0.168 e. The predicted molar refractivity (Wildman–Crippen MR) is 97.7 cm³/mol. The van der Waals surface area contributed by atoms with Gasteiger partial charge in [-0.3, -0.25) is 9.79 Å². The van der Waals surface area contributed by atoms with E-state index in [4.69, 9.17) is 0 Å². The first-order chi connectivity index (χ1) is 10.5. The van der Waals surface area contributed by atoms with E-state index in [2.05, 4.69) is 27.6 Å². The molecule has 5 heteroatoms. The largest absolute Gasteiger partial charge is 0.511 e. The number of ketones is 1. The number of benzene rings is 1. The van der Waals surface area contributed by atoms with Gasteiger partial charge >= 0.3 is 0 Å². The van der Waals surface area contributed by atoms with Gasteiger partial charge in [-0.25, -0.2) is 0 Å². The molecular formula is C17H21IN2O2. The van der Waals surface area contributed by atoms with Crippen LogP contribution in [0.2, 0.25) is 0 Å². The number of Topliss-reactive ketones (excluding diaryl/α,β-unsaturated/α-hetero) is 1. The first-order valence-electron chi connectivity index (χ1n) is 7.33. The second-order valence-electron chi connectivity index (χ2n) is 5.75. The second kappa shape index (κ2) is 7.87. The van der Waals surface area contributed by atoms with E-state index < -0.39 is 0 Å². The summed E-state index contributed by atoms with van der Waals surface area (Å²) < 4.78 is 1.13. The minimum absolute atomic E-state index is 0.0259. The Hall–Kier alpha value is -1.21.